The average molecular weight is 435 g/mol. The van der Waals surface area contributed by atoms with Crippen LogP contribution >= 0.6 is 0 Å². The molecule has 2 aliphatic heterocycles. The van der Waals surface area contributed by atoms with Crippen molar-refractivity contribution in [2.45, 2.75) is 64.9 Å². The van der Waals surface area contributed by atoms with Gasteiger partial charge in [-0.15, -0.1) is 0 Å². The van der Waals surface area contributed by atoms with Crippen LogP contribution in [-0.2, 0) is 15.9 Å². The van der Waals surface area contributed by atoms with E-state index in [9.17, 15) is 13.0 Å². The van der Waals surface area contributed by atoms with Gasteiger partial charge in [0.1, 0.15) is 12.1 Å². The first-order chi connectivity index (χ1) is 20.3. The number of benzene rings is 1. The van der Waals surface area contributed by atoms with Gasteiger partial charge in [0.25, 0.3) is 0 Å². The lowest BCUT2D eigenvalue weighted by molar-refractivity contribution is -0.160. The summed E-state index contributed by atoms with van der Waals surface area (Å²) < 4.78 is 157. The van der Waals surface area contributed by atoms with E-state index in [1.807, 2.05) is 0 Å². The van der Waals surface area contributed by atoms with Gasteiger partial charge in [0.15, 0.2) is 11.5 Å². The van der Waals surface area contributed by atoms with Crippen molar-refractivity contribution < 1.29 is 40.9 Å². The third kappa shape index (κ3) is 4.75. The van der Waals surface area contributed by atoms with Crippen LogP contribution in [0.15, 0.2) is 12.1 Å². The second-order valence-corrected chi connectivity index (χ2v) is 7.18. The Bertz CT molecular complexity index is 1380. The molecule has 0 spiro atoms. The summed E-state index contributed by atoms with van der Waals surface area (Å²) in [5.41, 5.74) is 4.46. The minimum absolute atomic E-state index is 0.169. The largest absolute Gasteiger partial charge is 0.493 e. The van der Waals surface area contributed by atoms with Crippen molar-refractivity contribution in [3.8, 4) is 11.5 Å². The summed E-state index contributed by atoms with van der Waals surface area (Å²) in [6.45, 7) is -8.12. The Hall–Kier alpha value is -1.79. The van der Waals surface area contributed by atoms with E-state index in [1.54, 1.807) is 0 Å². The minimum atomic E-state index is -4.12. The number of fused-ring (bicyclic) bond motifs is 3. The molecule has 0 saturated carbocycles. The summed E-state index contributed by atoms with van der Waals surface area (Å²) in [5, 5.41) is 0. The van der Waals surface area contributed by atoms with E-state index in [2.05, 4.69) is 0 Å². The molecular weight excluding hydrogens is 380 g/mol. The first-order valence-electron chi connectivity index (χ1n) is 17.4. The zero-order chi connectivity index (χ0) is 36.2. The molecule has 0 aliphatic carbocycles. The molecule has 1 aromatic carbocycles. The monoisotopic (exact) mass is 434 g/mol. The molecule has 5 atom stereocenters. The van der Waals surface area contributed by atoms with Crippen LogP contribution in [0.5, 0.6) is 11.5 Å². The summed E-state index contributed by atoms with van der Waals surface area (Å²) in [6.07, 6.45) is -14.3. The van der Waals surface area contributed by atoms with Gasteiger partial charge in [-0.05, 0) is 47.8 Å². The number of esters is 1. The topological polar surface area (TPSA) is 74.0 Å². The Morgan fingerprint density at radius 1 is 1.40 bits per heavy atom. The van der Waals surface area contributed by atoms with E-state index in [0.717, 1.165) is 19.2 Å². The first-order valence-corrected chi connectivity index (χ1v) is 9.38. The third-order valence-corrected chi connectivity index (χ3v) is 4.61. The highest BCUT2D eigenvalue weighted by Gasteiger charge is 2.41. The lowest BCUT2D eigenvalue weighted by atomic mass is 9.79. The van der Waals surface area contributed by atoms with Gasteiger partial charge in [-0.25, -0.2) is 0 Å². The standard InChI is InChI=1S/C24H38N2O4/c1-14(2)9-17-13-26-8-7-16-10-21(28-5)22(29-6)11-18(16)19(26)12-20(17)30-24(27)23(25)15(3)4/h10-11,14-15,17,19-20,23H,7-9,12-13,25H2,1-6H3/t17?,19?,20?,23-/m0/s1/i1D3,7D2,8D2,9D2,12D2,13D2,14D,17D,19D/t14?,17?,19?,20?,23-. The van der Waals surface area contributed by atoms with Crippen molar-refractivity contribution in [1.82, 2.24) is 4.90 Å². The summed E-state index contributed by atoms with van der Waals surface area (Å²) in [4.78, 5) is 13.0. The minimum Gasteiger partial charge on any atom is -0.493 e. The van der Waals surface area contributed by atoms with E-state index < -0.39 is 91.9 Å². The maximum atomic E-state index is 13.3. The van der Waals surface area contributed by atoms with Crippen LogP contribution in [0.3, 0.4) is 0 Å². The predicted octanol–water partition coefficient (Wildman–Crippen LogP) is 3.56. The van der Waals surface area contributed by atoms with Crippen LogP contribution in [0.2, 0.25) is 0 Å². The number of hydrogen-bond donors (Lipinski definition) is 1. The summed E-state index contributed by atoms with van der Waals surface area (Å²) in [7, 11) is 2.32. The van der Waals surface area contributed by atoms with Crippen LogP contribution in [0, 0.1) is 17.7 Å². The number of nitrogens with two attached hydrogens (primary N) is 1. The number of hydrogen-bond acceptors (Lipinski definition) is 6. The number of methoxy groups -OCH3 is 2. The number of nitrogens with zero attached hydrogens (tertiary/aromatic N) is 1. The molecule has 4 unspecified atom stereocenters. The summed E-state index contributed by atoms with van der Waals surface area (Å²) >= 11 is 0. The Labute approximate surface area is 203 Å². The molecule has 3 rings (SSSR count). The van der Waals surface area contributed by atoms with Gasteiger partial charge in [0, 0.05) is 51.8 Å². The zero-order valence-corrected chi connectivity index (χ0v) is 17.5. The number of aryl methyl sites for hydroxylation is 1. The molecule has 0 amide bonds. The fraction of sp³-hybridized carbons (Fsp3) is 0.708. The van der Waals surface area contributed by atoms with Gasteiger partial charge in [-0.1, -0.05) is 27.6 Å². The quantitative estimate of drug-likeness (QED) is 0.662. The van der Waals surface area contributed by atoms with E-state index in [1.165, 1.54) is 21.0 Å². The first kappa shape index (κ1) is 9.78. The molecule has 168 valence electrons. The maximum Gasteiger partial charge on any atom is 0.323 e. The van der Waals surface area contributed by atoms with Crippen molar-refractivity contribution in [3.63, 3.8) is 0 Å². The van der Waals surface area contributed by atoms with Crippen LogP contribution in [0.1, 0.15) is 79.4 Å². The molecule has 0 radical (unpaired) electrons. The highest BCUT2D eigenvalue weighted by Crippen LogP contribution is 2.44. The molecule has 6 heteroatoms. The van der Waals surface area contributed by atoms with Crippen LogP contribution in [0.25, 0.3) is 0 Å². The number of carbonyl (C=O) groups excluding carboxylic acids is 1. The Balaban J connectivity index is 2.64. The third-order valence-electron chi connectivity index (χ3n) is 4.61. The Morgan fingerprint density at radius 3 is 2.73 bits per heavy atom. The number of piperidine rings is 1. The molecule has 2 heterocycles. The molecule has 0 aromatic heterocycles. The van der Waals surface area contributed by atoms with Gasteiger partial charge in [-0.3, -0.25) is 9.69 Å². The van der Waals surface area contributed by atoms with E-state index in [-0.39, 0.29) is 16.4 Å². The van der Waals surface area contributed by atoms with Crippen LogP contribution in [0.4, 0.5) is 0 Å². The maximum absolute atomic E-state index is 13.3. The second kappa shape index (κ2) is 9.56. The number of rotatable bonds is 7. The summed E-state index contributed by atoms with van der Waals surface area (Å²) in [5.74, 6) is -10.1. The van der Waals surface area contributed by atoms with E-state index >= 15 is 0 Å². The molecule has 2 N–H and O–H groups in total. The fourth-order valence-corrected chi connectivity index (χ4v) is 2.92. The van der Waals surface area contributed by atoms with Gasteiger partial charge in [0.05, 0.1) is 15.6 Å². The van der Waals surface area contributed by atoms with E-state index in [4.69, 9.17) is 33.7 Å². The number of carbonyl (C=O) groups is 1. The fourth-order valence-electron chi connectivity index (χ4n) is 2.92. The van der Waals surface area contributed by atoms with Crippen molar-refractivity contribution in [2.75, 3.05) is 27.2 Å². The van der Waals surface area contributed by atoms with E-state index in [0.29, 0.717) is 6.92 Å². The smallest absolute Gasteiger partial charge is 0.323 e. The molecule has 0 bridgehead atoms. The lowest BCUT2D eigenvalue weighted by Crippen LogP contribution is -2.51. The van der Waals surface area contributed by atoms with Gasteiger partial charge in [-0.2, -0.15) is 0 Å². The zero-order valence-electron chi connectivity index (χ0n) is 33.5. The van der Waals surface area contributed by atoms with Crippen molar-refractivity contribution in [1.29, 1.82) is 0 Å². The van der Waals surface area contributed by atoms with Crippen LogP contribution in [-0.4, -0.2) is 50.2 Å². The van der Waals surface area contributed by atoms with Crippen molar-refractivity contribution in [3.05, 3.63) is 23.3 Å². The van der Waals surface area contributed by atoms with Gasteiger partial charge < -0.3 is 19.9 Å². The van der Waals surface area contributed by atoms with Crippen LogP contribution < -0.4 is 15.2 Å². The van der Waals surface area contributed by atoms with Gasteiger partial charge in [0.2, 0.25) is 0 Å². The van der Waals surface area contributed by atoms with Crippen molar-refractivity contribution >= 4 is 5.97 Å². The average Bonchev–Trinajstić information content (AvgIpc) is 2.91. The molecule has 1 saturated heterocycles. The van der Waals surface area contributed by atoms with Gasteiger partial charge >= 0.3 is 5.97 Å². The molecule has 6 nitrogen and oxygen atoms in total. The SMILES string of the molecule is [2H]C([2H])([2H])C([2H])(C)C([2H])([2H])C1([2H])C(OC(=O)[C@@H](N)C(C)C)C([2H])([2H])C2([2H])c3cc(OC)c(OC)cc3C([2H])([2H])C([2H])([2H])N2C1([2H])[2H]. The normalized spacial score (nSPS) is 47.2. The highest BCUT2D eigenvalue weighted by atomic mass is 16.5. The second-order valence-electron chi connectivity index (χ2n) is 7.18. The van der Waals surface area contributed by atoms with Crippen molar-refractivity contribution in [2.24, 2.45) is 23.4 Å². The summed E-state index contributed by atoms with van der Waals surface area (Å²) in [6, 6.07) is -3.23. The lowest BCUT2D eigenvalue weighted by Gasteiger charge is -2.47. The molecular formula is C24H38N2O4. The molecule has 1 aromatic rings. The Kier molecular flexibility index (Phi) is 3.12. The highest BCUT2D eigenvalue weighted by molar-refractivity contribution is 5.76. The predicted molar refractivity (Wildman–Crippen MR) is 118 cm³/mol. The number of ether oxygens (including phenoxy) is 3. The molecule has 2 aliphatic rings. The molecule has 1 fully saturated rings. The Morgan fingerprint density at radius 2 is 2.10 bits per heavy atom. The molecule has 30 heavy (non-hydrogen) atoms.